The van der Waals surface area contributed by atoms with E-state index in [0.717, 1.165) is 4.88 Å². The fourth-order valence-electron chi connectivity index (χ4n) is 1.67. The number of nitrogens with zero attached hydrogens (tertiary/aromatic N) is 1. The van der Waals surface area contributed by atoms with Gasteiger partial charge < -0.3 is 5.73 Å². The highest BCUT2D eigenvalue weighted by Gasteiger charge is 2.28. The van der Waals surface area contributed by atoms with Crippen LogP contribution in [0.1, 0.15) is 32.6 Å². The summed E-state index contributed by atoms with van der Waals surface area (Å²) in [6.45, 7) is 8.76. The van der Waals surface area contributed by atoms with Crippen molar-refractivity contribution in [1.82, 2.24) is 4.31 Å². The number of nitrogens with two attached hydrogens (primary N) is 1. The molecule has 1 heterocycles. The van der Waals surface area contributed by atoms with Gasteiger partial charge >= 0.3 is 0 Å². The van der Waals surface area contributed by atoms with E-state index in [1.165, 1.54) is 11.3 Å². The third-order valence-corrected chi connectivity index (χ3v) is 6.14. The molecule has 4 nitrogen and oxygen atoms in total. The van der Waals surface area contributed by atoms with Crippen molar-refractivity contribution in [3.8, 4) is 0 Å². The lowest BCUT2D eigenvalue weighted by Gasteiger charge is -2.26. The normalized spacial score (nSPS) is 12.9. The minimum absolute atomic E-state index is 0.0409. The molecule has 0 fully saturated rings. The molecule has 0 aromatic carbocycles. The van der Waals surface area contributed by atoms with Gasteiger partial charge in [0.05, 0.1) is 0 Å². The van der Waals surface area contributed by atoms with Gasteiger partial charge in [0.2, 0.25) is 0 Å². The van der Waals surface area contributed by atoms with Gasteiger partial charge in [-0.2, -0.15) is 4.31 Å². The summed E-state index contributed by atoms with van der Waals surface area (Å²) in [7, 11) is -3.39. The average Bonchev–Trinajstić information content (AvgIpc) is 2.74. The molecule has 1 aromatic rings. The molecule has 0 spiro atoms. The van der Waals surface area contributed by atoms with Crippen molar-refractivity contribution in [3.63, 3.8) is 0 Å². The maximum absolute atomic E-state index is 12.5. The highest BCUT2D eigenvalue weighted by Crippen LogP contribution is 2.26. The molecule has 6 heteroatoms. The van der Waals surface area contributed by atoms with Crippen LogP contribution in [0.5, 0.6) is 0 Å². The Balaban J connectivity index is 3.08. The first-order valence-electron chi connectivity index (χ1n) is 6.09. The van der Waals surface area contributed by atoms with E-state index in [9.17, 15) is 8.42 Å². The quantitative estimate of drug-likeness (QED) is 0.874. The van der Waals surface area contributed by atoms with E-state index in [0.29, 0.717) is 23.2 Å². The number of sulfonamides is 1. The number of hydrogen-bond donors (Lipinski definition) is 1. The smallest absolute Gasteiger partial charge is 0.252 e. The van der Waals surface area contributed by atoms with Gasteiger partial charge in [-0.05, 0) is 31.9 Å². The van der Waals surface area contributed by atoms with Crippen molar-refractivity contribution in [1.29, 1.82) is 0 Å². The second-order valence-corrected chi connectivity index (χ2v) is 8.27. The molecule has 0 aliphatic carbocycles. The highest BCUT2D eigenvalue weighted by molar-refractivity contribution is 7.91. The second-order valence-electron chi connectivity index (χ2n) is 4.99. The van der Waals surface area contributed by atoms with Gasteiger partial charge in [-0.15, -0.1) is 11.3 Å². The van der Waals surface area contributed by atoms with Crippen LogP contribution >= 0.6 is 11.3 Å². The van der Waals surface area contributed by atoms with Crippen LogP contribution in [0.15, 0.2) is 16.3 Å². The van der Waals surface area contributed by atoms with Gasteiger partial charge in [-0.1, -0.05) is 13.8 Å². The van der Waals surface area contributed by atoms with Gasteiger partial charge in [-0.25, -0.2) is 8.42 Å². The molecule has 2 N–H and O–H groups in total. The van der Waals surface area contributed by atoms with Crippen LogP contribution in [-0.4, -0.2) is 25.3 Å². The van der Waals surface area contributed by atoms with E-state index in [1.807, 2.05) is 27.7 Å². The van der Waals surface area contributed by atoms with E-state index >= 15 is 0 Å². The molecule has 0 radical (unpaired) electrons. The van der Waals surface area contributed by atoms with Crippen LogP contribution in [0.25, 0.3) is 0 Å². The molecular formula is C12H22N2O2S2. The number of hydrogen-bond acceptors (Lipinski definition) is 4. The van der Waals surface area contributed by atoms with E-state index in [4.69, 9.17) is 5.73 Å². The SMILES string of the molecule is CC(C)CN(C(C)C)S(=O)(=O)c1ccc(CN)s1. The molecule has 0 unspecified atom stereocenters. The fraction of sp³-hybridized carbons (Fsp3) is 0.667. The monoisotopic (exact) mass is 290 g/mol. The molecule has 18 heavy (non-hydrogen) atoms. The van der Waals surface area contributed by atoms with Crippen LogP contribution in [0.3, 0.4) is 0 Å². The summed E-state index contributed by atoms with van der Waals surface area (Å²) in [5.74, 6) is 0.302. The predicted molar refractivity (Wildman–Crippen MR) is 76.1 cm³/mol. The number of rotatable bonds is 6. The molecular weight excluding hydrogens is 268 g/mol. The maximum Gasteiger partial charge on any atom is 0.252 e. The molecule has 1 aromatic heterocycles. The topological polar surface area (TPSA) is 63.4 Å². The molecule has 0 saturated carbocycles. The Bertz CT molecular complexity index is 478. The average molecular weight is 290 g/mol. The van der Waals surface area contributed by atoms with Crippen molar-refractivity contribution in [2.45, 2.75) is 44.5 Å². The Kier molecular flexibility index (Phi) is 5.33. The first kappa shape index (κ1) is 15.6. The van der Waals surface area contributed by atoms with Crippen molar-refractivity contribution >= 4 is 21.4 Å². The van der Waals surface area contributed by atoms with Crippen LogP contribution in [0.2, 0.25) is 0 Å². The molecule has 0 bridgehead atoms. The van der Waals surface area contributed by atoms with E-state index < -0.39 is 10.0 Å². The molecule has 0 amide bonds. The summed E-state index contributed by atoms with van der Waals surface area (Å²) in [5.41, 5.74) is 5.53. The summed E-state index contributed by atoms with van der Waals surface area (Å²) in [6.07, 6.45) is 0. The molecule has 1 rings (SSSR count). The molecule has 0 aliphatic rings. The van der Waals surface area contributed by atoms with Crippen LogP contribution in [0, 0.1) is 5.92 Å². The summed E-state index contributed by atoms with van der Waals surface area (Å²) in [4.78, 5) is 0.891. The lowest BCUT2D eigenvalue weighted by atomic mass is 10.2. The zero-order valence-electron chi connectivity index (χ0n) is 11.4. The minimum atomic E-state index is -3.39. The van der Waals surface area contributed by atoms with Crippen LogP contribution < -0.4 is 5.73 Å². The molecule has 0 atom stereocenters. The van der Waals surface area contributed by atoms with Gasteiger partial charge in [-0.3, -0.25) is 0 Å². The predicted octanol–water partition coefficient (Wildman–Crippen LogP) is 2.26. The van der Waals surface area contributed by atoms with Gasteiger partial charge in [0.1, 0.15) is 4.21 Å². The highest BCUT2D eigenvalue weighted by atomic mass is 32.2. The Hall–Kier alpha value is -0.430. The lowest BCUT2D eigenvalue weighted by molar-refractivity contribution is 0.319. The lowest BCUT2D eigenvalue weighted by Crippen LogP contribution is -2.39. The Labute approximate surface area is 114 Å². The molecule has 104 valence electrons. The maximum atomic E-state index is 12.5. The van der Waals surface area contributed by atoms with Crippen molar-refractivity contribution < 1.29 is 8.42 Å². The van der Waals surface area contributed by atoms with Gasteiger partial charge in [0.25, 0.3) is 10.0 Å². The first-order chi connectivity index (χ1) is 8.28. The second kappa shape index (κ2) is 6.14. The third-order valence-electron chi connectivity index (χ3n) is 2.52. The van der Waals surface area contributed by atoms with Crippen LogP contribution in [-0.2, 0) is 16.6 Å². The van der Waals surface area contributed by atoms with Crippen molar-refractivity contribution in [2.24, 2.45) is 11.7 Å². The fourth-order valence-corrected chi connectivity index (χ4v) is 4.83. The van der Waals surface area contributed by atoms with Gasteiger partial charge in [0, 0.05) is 24.0 Å². The Morgan fingerprint density at radius 3 is 2.28 bits per heavy atom. The zero-order valence-corrected chi connectivity index (χ0v) is 13.0. The third kappa shape index (κ3) is 3.54. The summed E-state index contributed by atoms with van der Waals surface area (Å²) >= 11 is 1.26. The summed E-state index contributed by atoms with van der Waals surface area (Å²) < 4.78 is 27.0. The standard InChI is InChI=1S/C12H22N2O2S2/c1-9(2)8-14(10(3)4)18(15,16)12-6-5-11(7-13)17-12/h5-6,9-10H,7-8,13H2,1-4H3. The zero-order chi connectivity index (χ0) is 13.9. The van der Waals surface area contributed by atoms with E-state index in [1.54, 1.807) is 16.4 Å². The van der Waals surface area contributed by atoms with E-state index in [-0.39, 0.29) is 6.04 Å². The summed E-state index contributed by atoms with van der Waals surface area (Å²) in [5, 5.41) is 0. The molecule has 0 aliphatic heterocycles. The first-order valence-corrected chi connectivity index (χ1v) is 8.35. The minimum Gasteiger partial charge on any atom is -0.326 e. The summed E-state index contributed by atoms with van der Waals surface area (Å²) in [6, 6.07) is 3.39. The molecule has 0 saturated heterocycles. The van der Waals surface area contributed by atoms with Crippen molar-refractivity contribution in [2.75, 3.05) is 6.54 Å². The number of thiophene rings is 1. The van der Waals surface area contributed by atoms with Crippen molar-refractivity contribution in [3.05, 3.63) is 17.0 Å². The van der Waals surface area contributed by atoms with E-state index in [2.05, 4.69) is 0 Å². The van der Waals surface area contributed by atoms with Crippen LogP contribution in [0.4, 0.5) is 0 Å². The van der Waals surface area contributed by atoms with Gasteiger partial charge in [0.15, 0.2) is 0 Å². The largest absolute Gasteiger partial charge is 0.326 e. The Morgan fingerprint density at radius 1 is 1.28 bits per heavy atom. The Morgan fingerprint density at radius 2 is 1.89 bits per heavy atom.